The first-order valence-electron chi connectivity index (χ1n) is 6.95. The molecule has 0 fully saturated rings. The zero-order chi connectivity index (χ0) is 16.2. The lowest BCUT2D eigenvalue weighted by Gasteiger charge is -2.07. The molecule has 0 saturated carbocycles. The molecular weight excluding hydrogens is 297 g/mol. The van der Waals surface area contributed by atoms with E-state index in [0.717, 1.165) is 11.5 Å². The first kappa shape index (κ1) is 14.8. The Labute approximate surface area is 131 Å². The molecule has 0 aliphatic carbocycles. The van der Waals surface area contributed by atoms with Gasteiger partial charge in [-0.05, 0) is 18.2 Å². The maximum absolute atomic E-state index is 13.5. The first-order chi connectivity index (χ1) is 11.2. The molecule has 0 bridgehead atoms. The second-order valence-corrected chi connectivity index (χ2v) is 4.88. The van der Waals surface area contributed by atoms with Crippen LogP contribution in [0, 0.1) is 5.82 Å². The van der Waals surface area contributed by atoms with Gasteiger partial charge in [0, 0.05) is 17.1 Å². The van der Waals surface area contributed by atoms with Crippen molar-refractivity contribution in [1.29, 1.82) is 0 Å². The van der Waals surface area contributed by atoms with Crippen molar-refractivity contribution in [3.8, 4) is 0 Å². The molecule has 3 aromatic rings. The molecule has 0 spiro atoms. The van der Waals surface area contributed by atoms with Gasteiger partial charge in [-0.15, -0.1) is 0 Å². The Morgan fingerprint density at radius 1 is 1.00 bits per heavy atom. The summed E-state index contributed by atoms with van der Waals surface area (Å²) in [5.41, 5.74) is 1.08. The van der Waals surface area contributed by atoms with Gasteiger partial charge in [0.25, 0.3) is 5.78 Å². The molecule has 2 aromatic carbocycles. The zero-order valence-corrected chi connectivity index (χ0v) is 12.0. The molecule has 0 radical (unpaired) electrons. The fourth-order valence-corrected chi connectivity index (χ4v) is 2.25. The number of carbonyl (C=O) groups is 2. The number of ketones is 1. The van der Waals surface area contributed by atoms with Crippen LogP contribution in [0.3, 0.4) is 0 Å². The smallest absolute Gasteiger partial charge is 0.380 e. The highest BCUT2D eigenvalue weighted by molar-refractivity contribution is 6.40. The van der Waals surface area contributed by atoms with Crippen LogP contribution >= 0.6 is 0 Å². The largest absolute Gasteiger partial charge is 0.455 e. The minimum atomic E-state index is -1.09. The summed E-state index contributed by atoms with van der Waals surface area (Å²) in [6.07, 6.45) is 1.64. The van der Waals surface area contributed by atoms with Crippen LogP contribution in [-0.4, -0.2) is 16.7 Å². The lowest BCUT2D eigenvalue weighted by Crippen LogP contribution is -2.18. The lowest BCUT2D eigenvalue weighted by atomic mass is 10.1. The summed E-state index contributed by atoms with van der Waals surface area (Å²) < 4.78 is 18.5. The van der Waals surface area contributed by atoms with Crippen LogP contribution in [0.2, 0.25) is 0 Å². The van der Waals surface area contributed by atoms with Gasteiger partial charge in [0.15, 0.2) is 0 Å². The number of hydrogen-bond donors (Lipinski definition) is 0. The van der Waals surface area contributed by atoms with Crippen molar-refractivity contribution in [3.05, 3.63) is 77.7 Å². The topological polar surface area (TPSA) is 56.3 Å². The Morgan fingerprint density at radius 2 is 1.78 bits per heavy atom. The van der Waals surface area contributed by atoms with Crippen molar-refractivity contribution in [3.63, 3.8) is 0 Å². The van der Waals surface area contributed by atoms with Crippen LogP contribution in [-0.2, 0) is 16.1 Å². The number of hydrogen-bond acceptors (Lipinski definition) is 4. The van der Waals surface area contributed by atoms with Gasteiger partial charge in [-0.2, -0.15) is 0 Å². The molecule has 0 aliphatic heterocycles. The highest BCUT2D eigenvalue weighted by atomic mass is 19.1. The summed E-state index contributed by atoms with van der Waals surface area (Å²) in [6, 6.07) is 14.4. The molecular formula is C18H12FNO3. The summed E-state index contributed by atoms with van der Waals surface area (Å²) >= 11 is 0. The Hall–Kier alpha value is -3.08. The van der Waals surface area contributed by atoms with Gasteiger partial charge in [0.05, 0.1) is 11.1 Å². The molecule has 0 amide bonds. The number of pyridine rings is 1. The summed E-state index contributed by atoms with van der Waals surface area (Å²) in [7, 11) is 0. The maximum atomic E-state index is 13.5. The van der Waals surface area contributed by atoms with Gasteiger partial charge in [0.2, 0.25) is 0 Å². The number of Topliss-reactive ketones (excluding diaryl/α,β-unsaturated/α-hetero) is 1. The molecule has 23 heavy (non-hydrogen) atoms. The molecule has 1 heterocycles. The summed E-state index contributed by atoms with van der Waals surface area (Å²) in [4.78, 5) is 28.0. The second-order valence-electron chi connectivity index (χ2n) is 4.88. The molecule has 0 saturated heterocycles. The van der Waals surface area contributed by atoms with Gasteiger partial charge in [-0.25, -0.2) is 9.18 Å². The molecule has 0 aliphatic rings. The quantitative estimate of drug-likeness (QED) is 0.421. The summed E-state index contributed by atoms with van der Waals surface area (Å²) in [5, 5.41) is 0.904. The van der Waals surface area contributed by atoms with Crippen molar-refractivity contribution in [1.82, 2.24) is 4.98 Å². The summed E-state index contributed by atoms with van der Waals surface area (Å²) in [5.74, 6) is -2.85. The number of nitrogens with zero attached hydrogens (tertiary/aromatic N) is 1. The molecule has 0 N–H and O–H groups in total. The number of aromatic nitrogens is 1. The van der Waals surface area contributed by atoms with E-state index in [9.17, 15) is 14.0 Å². The van der Waals surface area contributed by atoms with Gasteiger partial charge >= 0.3 is 5.97 Å². The van der Waals surface area contributed by atoms with E-state index in [1.807, 2.05) is 18.2 Å². The van der Waals surface area contributed by atoms with Crippen molar-refractivity contribution in [2.24, 2.45) is 0 Å². The predicted octanol–water partition coefficient (Wildman–Crippen LogP) is 3.30. The highest BCUT2D eigenvalue weighted by Crippen LogP contribution is 2.17. The van der Waals surface area contributed by atoms with E-state index in [-0.39, 0.29) is 12.2 Å². The van der Waals surface area contributed by atoms with Crippen molar-refractivity contribution in [2.75, 3.05) is 0 Å². The number of rotatable bonds is 4. The van der Waals surface area contributed by atoms with Crippen LogP contribution in [0.4, 0.5) is 4.39 Å². The average Bonchev–Trinajstić information content (AvgIpc) is 2.59. The molecule has 4 nitrogen and oxygen atoms in total. The Morgan fingerprint density at radius 3 is 2.61 bits per heavy atom. The second kappa shape index (κ2) is 6.36. The van der Waals surface area contributed by atoms with E-state index in [4.69, 9.17) is 4.74 Å². The minimum Gasteiger partial charge on any atom is -0.455 e. The van der Waals surface area contributed by atoms with Gasteiger partial charge in [0.1, 0.15) is 12.4 Å². The van der Waals surface area contributed by atoms with E-state index < -0.39 is 17.6 Å². The van der Waals surface area contributed by atoms with E-state index in [2.05, 4.69) is 4.98 Å². The van der Waals surface area contributed by atoms with Crippen LogP contribution in [0.25, 0.3) is 10.9 Å². The highest BCUT2D eigenvalue weighted by Gasteiger charge is 2.21. The molecule has 114 valence electrons. The average molecular weight is 309 g/mol. The van der Waals surface area contributed by atoms with Crippen LogP contribution < -0.4 is 0 Å². The van der Waals surface area contributed by atoms with E-state index >= 15 is 0 Å². The van der Waals surface area contributed by atoms with Gasteiger partial charge in [-0.3, -0.25) is 9.78 Å². The Balaban J connectivity index is 1.76. The molecule has 0 atom stereocenters. The van der Waals surface area contributed by atoms with E-state index in [1.54, 1.807) is 18.3 Å². The number of fused-ring (bicyclic) bond motifs is 1. The third kappa shape index (κ3) is 3.08. The Kier molecular flexibility index (Phi) is 4.10. The number of esters is 1. The van der Waals surface area contributed by atoms with Crippen LogP contribution in [0.1, 0.15) is 15.9 Å². The standard InChI is InChI=1S/C18H12FNO3/c19-15-9-2-1-8-14(15)17(21)18(22)23-11-13-6-3-5-12-7-4-10-20-16(12)13/h1-10H,11H2. The summed E-state index contributed by atoms with van der Waals surface area (Å²) in [6.45, 7) is -0.104. The number of benzene rings is 2. The Bertz CT molecular complexity index is 887. The number of para-hydroxylation sites is 1. The number of halogens is 1. The number of carbonyl (C=O) groups excluding carboxylic acids is 2. The van der Waals surface area contributed by atoms with Crippen molar-refractivity contribution < 1.29 is 18.7 Å². The van der Waals surface area contributed by atoms with E-state index in [0.29, 0.717) is 11.1 Å². The molecule has 3 rings (SSSR count). The third-order valence-corrected chi connectivity index (χ3v) is 3.38. The maximum Gasteiger partial charge on any atom is 0.380 e. The monoisotopic (exact) mass is 309 g/mol. The molecule has 1 aromatic heterocycles. The predicted molar refractivity (Wildman–Crippen MR) is 82.3 cm³/mol. The zero-order valence-electron chi connectivity index (χ0n) is 12.0. The lowest BCUT2D eigenvalue weighted by molar-refractivity contribution is -0.139. The fraction of sp³-hybridized carbons (Fsp3) is 0.0556. The van der Waals surface area contributed by atoms with Gasteiger partial charge < -0.3 is 4.74 Å². The van der Waals surface area contributed by atoms with E-state index in [1.165, 1.54) is 18.2 Å². The molecule has 0 unspecified atom stereocenters. The SMILES string of the molecule is O=C(OCc1cccc2cccnc12)C(=O)c1ccccc1F. The normalized spacial score (nSPS) is 10.5. The van der Waals surface area contributed by atoms with Gasteiger partial charge in [-0.1, -0.05) is 36.4 Å². The van der Waals surface area contributed by atoms with Crippen LogP contribution in [0.15, 0.2) is 60.8 Å². The third-order valence-electron chi connectivity index (χ3n) is 3.38. The van der Waals surface area contributed by atoms with Crippen LogP contribution in [0.5, 0.6) is 0 Å². The number of ether oxygens (including phenoxy) is 1. The minimum absolute atomic E-state index is 0.104. The van der Waals surface area contributed by atoms with Crippen molar-refractivity contribution >= 4 is 22.7 Å². The van der Waals surface area contributed by atoms with Crippen molar-refractivity contribution in [2.45, 2.75) is 6.61 Å². The first-order valence-corrected chi connectivity index (χ1v) is 6.95. The fourth-order valence-electron chi connectivity index (χ4n) is 2.25. The molecule has 5 heteroatoms.